The number of rotatable bonds is 1. The van der Waals surface area contributed by atoms with Gasteiger partial charge in [0.25, 0.3) is 5.78 Å². The molecule has 6 heteroatoms. The second-order valence-corrected chi connectivity index (χ2v) is 6.16. The smallest absolute Gasteiger partial charge is 0.252 e. The molecular formula is C16H13ClN4O. The minimum absolute atomic E-state index is 0.131. The van der Waals surface area contributed by atoms with E-state index in [1.807, 2.05) is 12.1 Å². The summed E-state index contributed by atoms with van der Waals surface area (Å²) >= 11 is 5.90. The number of benzene rings is 1. The highest BCUT2D eigenvalue weighted by Crippen LogP contribution is 2.25. The monoisotopic (exact) mass is 312 g/mol. The van der Waals surface area contributed by atoms with Crippen LogP contribution in [0.25, 0.3) is 17.2 Å². The van der Waals surface area contributed by atoms with Gasteiger partial charge in [-0.05, 0) is 36.6 Å². The molecule has 2 aromatic heterocycles. The average molecular weight is 313 g/mol. The predicted molar refractivity (Wildman–Crippen MR) is 83.0 cm³/mol. The molecule has 0 saturated heterocycles. The lowest BCUT2D eigenvalue weighted by Gasteiger charge is -2.18. The van der Waals surface area contributed by atoms with E-state index in [-0.39, 0.29) is 5.78 Å². The maximum Gasteiger partial charge on any atom is 0.252 e. The molecule has 3 aromatic rings. The Balaban J connectivity index is 1.84. The molecule has 1 aliphatic carbocycles. The van der Waals surface area contributed by atoms with E-state index in [9.17, 15) is 4.79 Å². The first-order valence-corrected chi connectivity index (χ1v) is 7.53. The molecule has 0 saturated carbocycles. The molecule has 5 nitrogen and oxygen atoms in total. The summed E-state index contributed by atoms with van der Waals surface area (Å²) in [5.74, 6) is 1.55. The average Bonchev–Trinajstić information content (AvgIpc) is 2.89. The Morgan fingerprint density at radius 1 is 1.18 bits per heavy atom. The van der Waals surface area contributed by atoms with Crippen molar-refractivity contribution in [3.8, 4) is 11.4 Å². The van der Waals surface area contributed by atoms with Crippen LogP contribution in [0.3, 0.4) is 0 Å². The van der Waals surface area contributed by atoms with Crippen LogP contribution in [-0.4, -0.2) is 25.4 Å². The predicted octanol–water partition coefficient (Wildman–Crippen LogP) is 3.21. The molecule has 0 aliphatic heterocycles. The van der Waals surface area contributed by atoms with E-state index in [1.165, 1.54) is 0 Å². The lowest BCUT2D eigenvalue weighted by Crippen LogP contribution is -2.20. The van der Waals surface area contributed by atoms with E-state index in [0.29, 0.717) is 34.5 Å². The van der Waals surface area contributed by atoms with Gasteiger partial charge in [0.05, 0.1) is 11.3 Å². The Morgan fingerprint density at radius 2 is 1.95 bits per heavy atom. The zero-order valence-corrected chi connectivity index (χ0v) is 12.7. The molecule has 4 rings (SSSR count). The van der Waals surface area contributed by atoms with Gasteiger partial charge in [0.2, 0.25) is 0 Å². The van der Waals surface area contributed by atoms with E-state index < -0.39 is 0 Å². The standard InChI is InChI=1S/C16H13ClN4O/c1-9-6-13-12(14(22)7-9)8-21-16(18-13)19-15(20-21)10-2-4-11(17)5-3-10/h2-5,8-9H,6-7H2,1H3/t9-/m0/s1. The van der Waals surface area contributed by atoms with Crippen LogP contribution in [0, 0.1) is 5.92 Å². The maximum atomic E-state index is 12.1. The van der Waals surface area contributed by atoms with Gasteiger partial charge in [-0.3, -0.25) is 4.79 Å². The lowest BCUT2D eigenvalue weighted by atomic mass is 9.88. The Hall–Kier alpha value is -2.27. The van der Waals surface area contributed by atoms with Crippen molar-refractivity contribution < 1.29 is 4.79 Å². The van der Waals surface area contributed by atoms with E-state index in [1.54, 1.807) is 22.8 Å². The first-order valence-electron chi connectivity index (χ1n) is 7.15. The number of halogens is 1. The molecule has 1 aromatic carbocycles. The zero-order chi connectivity index (χ0) is 15.3. The molecular weight excluding hydrogens is 300 g/mol. The van der Waals surface area contributed by atoms with Gasteiger partial charge < -0.3 is 0 Å². The Bertz CT molecular complexity index is 885. The SMILES string of the molecule is C[C@@H]1CC(=O)c2cn3nc(-c4ccc(Cl)cc4)nc3nc2C1. The molecule has 0 radical (unpaired) electrons. The second-order valence-electron chi connectivity index (χ2n) is 5.72. The molecule has 0 fully saturated rings. The van der Waals surface area contributed by atoms with Crippen molar-refractivity contribution in [1.29, 1.82) is 0 Å². The summed E-state index contributed by atoms with van der Waals surface area (Å²) in [5.41, 5.74) is 2.36. The molecule has 110 valence electrons. The second kappa shape index (κ2) is 4.88. The summed E-state index contributed by atoms with van der Waals surface area (Å²) in [6.45, 7) is 2.07. The van der Waals surface area contributed by atoms with Gasteiger partial charge in [-0.15, -0.1) is 5.10 Å². The lowest BCUT2D eigenvalue weighted by molar-refractivity contribution is 0.0951. The highest BCUT2D eigenvalue weighted by molar-refractivity contribution is 6.30. The van der Waals surface area contributed by atoms with Crippen molar-refractivity contribution in [2.24, 2.45) is 5.92 Å². The van der Waals surface area contributed by atoms with Crippen LogP contribution in [0.5, 0.6) is 0 Å². The molecule has 22 heavy (non-hydrogen) atoms. The summed E-state index contributed by atoms with van der Waals surface area (Å²) in [6.07, 6.45) is 3.12. The van der Waals surface area contributed by atoms with E-state index >= 15 is 0 Å². The van der Waals surface area contributed by atoms with Crippen molar-refractivity contribution >= 4 is 23.2 Å². The van der Waals surface area contributed by atoms with Crippen LogP contribution in [0.15, 0.2) is 30.5 Å². The molecule has 0 spiro atoms. The molecule has 0 amide bonds. The Morgan fingerprint density at radius 3 is 2.73 bits per heavy atom. The largest absolute Gasteiger partial charge is 0.294 e. The molecule has 0 bridgehead atoms. The minimum Gasteiger partial charge on any atom is -0.294 e. The maximum absolute atomic E-state index is 12.1. The van der Waals surface area contributed by atoms with Crippen LogP contribution in [0.2, 0.25) is 5.02 Å². The number of Topliss-reactive ketones (excluding diaryl/α,β-unsaturated/α-hetero) is 1. The molecule has 2 heterocycles. The summed E-state index contributed by atoms with van der Waals surface area (Å²) in [7, 11) is 0. The number of carbonyl (C=O) groups is 1. The number of aromatic nitrogens is 4. The van der Waals surface area contributed by atoms with Crippen LogP contribution in [-0.2, 0) is 6.42 Å². The van der Waals surface area contributed by atoms with E-state index in [0.717, 1.165) is 17.7 Å². The van der Waals surface area contributed by atoms with Crippen LogP contribution >= 0.6 is 11.6 Å². The number of ketones is 1. The number of hydrogen-bond acceptors (Lipinski definition) is 4. The fourth-order valence-electron chi connectivity index (χ4n) is 2.79. The Kier molecular flexibility index (Phi) is 2.97. The summed E-state index contributed by atoms with van der Waals surface area (Å²) < 4.78 is 1.58. The van der Waals surface area contributed by atoms with Gasteiger partial charge in [0.15, 0.2) is 11.6 Å². The number of nitrogens with zero attached hydrogens (tertiary/aromatic N) is 4. The van der Waals surface area contributed by atoms with Gasteiger partial charge in [-0.1, -0.05) is 18.5 Å². The van der Waals surface area contributed by atoms with Crippen LogP contribution in [0.4, 0.5) is 0 Å². The third-order valence-corrected chi connectivity index (χ3v) is 4.14. The summed E-state index contributed by atoms with van der Waals surface area (Å²) in [4.78, 5) is 21.1. The number of carbonyl (C=O) groups excluding carboxylic acids is 1. The highest BCUT2D eigenvalue weighted by atomic mass is 35.5. The quantitative estimate of drug-likeness (QED) is 0.692. The highest BCUT2D eigenvalue weighted by Gasteiger charge is 2.25. The van der Waals surface area contributed by atoms with Crippen molar-refractivity contribution in [3.63, 3.8) is 0 Å². The number of hydrogen-bond donors (Lipinski definition) is 0. The summed E-state index contributed by atoms with van der Waals surface area (Å²) in [5, 5.41) is 5.09. The van der Waals surface area contributed by atoms with Crippen molar-refractivity contribution in [1.82, 2.24) is 19.6 Å². The fraction of sp³-hybridized carbons (Fsp3) is 0.250. The van der Waals surface area contributed by atoms with Crippen LogP contribution in [0.1, 0.15) is 29.4 Å². The molecule has 1 aliphatic rings. The third kappa shape index (κ3) is 2.18. The fourth-order valence-corrected chi connectivity index (χ4v) is 2.92. The first kappa shape index (κ1) is 13.4. The Labute approximate surface area is 132 Å². The van der Waals surface area contributed by atoms with Gasteiger partial charge in [0.1, 0.15) is 0 Å². The molecule has 0 N–H and O–H groups in total. The zero-order valence-electron chi connectivity index (χ0n) is 12.0. The normalized spacial score (nSPS) is 17.7. The van der Waals surface area contributed by atoms with Crippen molar-refractivity contribution in [2.45, 2.75) is 19.8 Å². The first-order chi connectivity index (χ1) is 10.6. The number of fused-ring (bicyclic) bond motifs is 2. The summed E-state index contributed by atoms with van der Waals surface area (Å²) in [6, 6.07) is 7.33. The topological polar surface area (TPSA) is 60.2 Å². The molecule has 0 unspecified atom stereocenters. The van der Waals surface area contributed by atoms with E-state index in [4.69, 9.17) is 11.6 Å². The van der Waals surface area contributed by atoms with Crippen molar-refractivity contribution in [2.75, 3.05) is 0 Å². The molecule has 1 atom stereocenters. The van der Waals surface area contributed by atoms with Gasteiger partial charge in [-0.2, -0.15) is 4.98 Å². The van der Waals surface area contributed by atoms with E-state index in [2.05, 4.69) is 22.0 Å². The van der Waals surface area contributed by atoms with Crippen molar-refractivity contribution in [3.05, 3.63) is 46.7 Å². The van der Waals surface area contributed by atoms with Gasteiger partial charge >= 0.3 is 0 Å². The minimum atomic E-state index is 0.131. The van der Waals surface area contributed by atoms with Gasteiger partial charge in [0, 0.05) is 23.2 Å². The van der Waals surface area contributed by atoms with Gasteiger partial charge in [-0.25, -0.2) is 9.50 Å². The third-order valence-electron chi connectivity index (χ3n) is 3.89. The van der Waals surface area contributed by atoms with Crippen LogP contribution < -0.4 is 0 Å².